The van der Waals surface area contributed by atoms with E-state index in [4.69, 9.17) is 4.74 Å². The van der Waals surface area contributed by atoms with Gasteiger partial charge in [-0.15, -0.1) is 11.1 Å². The average Bonchev–Trinajstić information content (AvgIpc) is 3.22. The molecule has 6 aromatic rings. The van der Waals surface area contributed by atoms with Gasteiger partial charge in [-0.05, 0) is 149 Å². The van der Waals surface area contributed by atoms with Crippen molar-refractivity contribution in [1.82, 2.24) is 0 Å². The Kier molecular flexibility index (Phi) is 15.3. The molecule has 0 aliphatic carbocycles. The Bertz CT molecular complexity index is 2550. The predicted molar refractivity (Wildman–Crippen MR) is 280 cm³/mol. The second kappa shape index (κ2) is 20.1. The highest BCUT2D eigenvalue weighted by atomic mass is 32.1. The minimum atomic E-state index is -2.06. The number of thiol groups is 1. The molecule has 0 aliphatic heterocycles. The lowest BCUT2D eigenvalue weighted by molar-refractivity contribution is 0.304. The molecule has 1 nitrogen and oxygen atoms in total. The van der Waals surface area contributed by atoms with Crippen molar-refractivity contribution in [3.63, 3.8) is 0 Å². The van der Waals surface area contributed by atoms with Gasteiger partial charge in [0.1, 0.15) is 21.9 Å². The molecule has 6 rings (SSSR count). The summed E-state index contributed by atoms with van der Waals surface area (Å²) < 4.78 is 6.14. The van der Waals surface area contributed by atoms with Crippen LogP contribution in [-0.4, -0.2) is 28.5 Å². The highest BCUT2D eigenvalue weighted by molar-refractivity contribution is 7.80. The van der Waals surface area contributed by atoms with Crippen molar-refractivity contribution in [1.29, 1.82) is 0 Å². The Hall–Kier alpha value is -3.94. The molecule has 320 valence electrons. The first-order valence-corrected chi connectivity index (χ1v) is 28.5. The first-order valence-electron chi connectivity index (χ1n) is 23.4. The Balaban J connectivity index is 1.60. The van der Waals surface area contributed by atoms with E-state index in [9.17, 15) is 0 Å². The first-order chi connectivity index (χ1) is 29.1. The topological polar surface area (TPSA) is 9.23 Å². The van der Waals surface area contributed by atoms with E-state index in [0.717, 1.165) is 35.7 Å². The molecule has 0 saturated carbocycles. The number of unbranched alkanes of at least 4 members (excludes halogenated alkanes) is 4. The zero-order chi connectivity index (χ0) is 44.1. The molecule has 0 heterocycles. The van der Waals surface area contributed by atoms with Crippen molar-refractivity contribution in [2.75, 3.05) is 12.4 Å². The number of hydrogen-bond donors (Lipinski definition) is 1. The quantitative estimate of drug-likeness (QED) is 0.0356. The van der Waals surface area contributed by atoms with Crippen LogP contribution in [0.2, 0.25) is 33.2 Å². The van der Waals surface area contributed by atoms with E-state index < -0.39 is 16.1 Å². The van der Waals surface area contributed by atoms with Crippen LogP contribution in [0.15, 0.2) is 91.0 Å². The molecule has 6 aromatic carbocycles. The van der Waals surface area contributed by atoms with Gasteiger partial charge in [0.05, 0.1) is 6.61 Å². The van der Waals surface area contributed by atoms with E-state index in [2.05, 4.69) is 210 Å². The van der Waals surface area contributed by atoms with Crippen molar-refractivity contribution >= 4 is 71.9 Å². The second-order valence-electron chi connectivity index (χ2n) is 19.6. The third-order valence-corrected chi connectivity index (χ3v) is 27.1. The predicted octanol–water partition coefficient (Wildman–Crippen LogP) is 17.4. The molecule has 0 unspecified atom stereocenters. The maximum absolute atomic E-state index is 6.14. The van der Waals surface area contributed by atoms with E-state index in [1.165, 1.54) is 79.9 Å². The van der Waals surface area contributed by atoms with Crippen LogP contribution >= 0.6 is 12.6 Å². The van der Waals surface area contributed by atoms with Gasteiger partial charge < -0.3 is 4.74 Å². The monoisotopic (exact) mass is 860 g/mol. The van der Waals surface area contributed by atoms with Gasteiger partial charge in [0, 0.05) is 11.1 Å². The third kappa shape index (κ3) is 9.54. The van der Waals surface area contributed by atoms with Crippen LogP contribution < -0.4 is 4.74 Å². The first kappa shape index (κ1) is 46.6. The van der Waals surface area contributed by atoms with Gasteiger partial charge >= 0.3 is 0 Å². The SMILES string of the molecule is CC(C)[Si](C#Cc1c2cc3ccccc3cc2c(C#C[Si](C(C)C)(C(C)C)C(C)C)c2cc3cc(-c4ccc(OCCCCCCCS)cc4)ccc3cc12)(C(C)C)C(C)C. The summed E-state index contributed by atoms with van der Waals surface area (Å²) in [6, 6.07) is 34.1. The van der Waals surface area contributed by atoms with Crippen molar-refractivity contribution in [3.8, 4) is 39.8 Å². The molecular weight excluding hydrogens is 789 g/mol. The van der Waals surface area contributed by atoms with E-state index in [1.54, 1.807) is 0 Å². The lowest BCUT2D eigenvalue weighted by atomic mass is 9.88. The summed E-state index contributed by atoms with van der Waals surface area (Å²) in [6.45, 7) is 29.7. The van der Waals surface area contributed by atoms with Gasteiger partial charge in [0.25, 0.3) is 0 Å². The zero-order valence-electron chi connectivity index (χ0n) is 39.4. The van der Waals surface area contributed by atoms with Gasteiger partial charge in [0.2, 0.25) is 0 Å². The molecule has 0 atom stereocenters. The molecule has 0 radical (unpaired) electrons. The Morgan fingerprint density at radius 2 is 0.836 bits per heavy atom. The summed E-state index contributed by atoms with van der Waals surface area (Å²) in [7, 11) is -4.10. The standard InChI is InChI=1S/C57H72OSSi2/c1-39(2)60(40(3)4,41(5)6)32-28-52-54-35-46-20-16-17-21-47(46)36-55(54)53(29-33-61(42(7)8,43(9)10)44(11)12)57-38-50-34-48(22-23-49(50)37-56(52)57)45-24-26-51(27-25-45)58-30-18-14-13-15-19-31-59/h16-17,20-27,34-44,59H,13-15,18-19,30-31H2,1-12H3. The van der Waals surface area contributed by atoms with Crippen molar-refractivity contribution < 1.29 is 4.74 Å². The molecule has 0 aromatic heterocycles. The van der Waals surface area contributed by atoms with Crippen molar-refractivity contribution in [2.24, 2.45) is 0 Å². The highest BCUT2D eigenvalue weighted by Crippen LogP contribution is 2.44. The molecule has 0 saturated heterocycles. The summed E-state index contributed by atoms with van der Waals surface area (Å²) in [4.78, 5) is 0. The van der Waals surface area contributed by atoms with Crippen LogP contribution in [0.1, 0.15) is 126 Å². The molecule has 0 bridgehead atoms. The third-order valence-electron chi connectivity index (χ3n) is 14.2. The fourth-order valence-corrected chi connectivity index (χ4v) is 21.6. The fourth-order valence-electron chi connectivity index (χ4n) is 11.0. The molecule has 0 aliphatic rings. The van der Waals surface area contributed by atoms with Gasteiger partial charge in [-0.25, -0.2) is 0 Å². The van der Waals surface area contributed by atoms with Crippen LogP contribution in [-0.2, 0) is 0 Å². The molecule has 0 spiro atoms. The maximum atomic E-state index is 6.14. The number of fused-ring (bicyclic) bond motifs is 4. The largest absolute Gasteiger partial charge is 0.494 e. The molecular formula is C57H72OSSi2. The number of benzene rings is 6. The van der Waals surface area contributed by atoms with Gasteiger partial charge in [-0.1, -0.05) is 163 Å². The normalized spacial score (nSPS) is 12.4. The van der Waals surface area contributed by atoms with Crippen molar-refractivity contribution in [3.05, 3.63) is 102 Å². The number of ether oxygens (including phenoxy) is 1. The summed E-state index contributed by atoms with van der Waals surface area (Å²) in [6.07, 6.45) is 6.00. The zero-order valence-corrected chi connectivity index (χ0v) is 42.3. The highest BCUT2D eigenvalue weighted by Gasteiger charge is 2.43. The molecule has 0 N–H and O–H groups in total. The van der Waals surface area contributed by atoms with Gasteiger partial charge in [0.15, 0.2) is 0 Å². The van der Waals surface area contributed by atoms with E-state index in [-0.39, 0.29) is 0 Å². The summed E-state index contributed by atoms with van der Waals surface area (Å²) in [5, 5.41) is 9.80. The van der Waals surface area contributed by atoms with Crippen LogP contribution in [0, 0.1) is 22.9 Å². The van der Waals surface area contributed by atoms with Gasteiger partial charge in [-0.3, -0.25) is 0 Å². The Morgan fingerprint density at radius 3 is 1.28 bits per heavy atom. The molecule has 4 heteroatoms. The molecule has 61 heavy (non-hydrogen) atoms. The minimum Gasteiger partial charge on any atom is -0.494 e. The van der Waals surface area contributed by atoms with Crippen LogP contribution in [0.3, 0.4) is 0 Å². The summed E-state index contributed by atoms with van der Waals surface area (Å²) >= 11 is 4.34. The molecule has 0 amide bonds. The second-order valence-corrected chi connectivity index (χ2v) is 31.2. The lowest BCUT2D eigenvalue weighted by Gasteiger charge is -2.38. The van der Waals surface area contributed by atoms with E-state index >= 15 is 0 Å². The molecule has 0 fully saturated rings. The minimum absolute atomic E-state index is 0.540. The van der Waals surface area contributed by atoms with Gasteiger partial charge in [-0.2, -0.15) is 12.6 Å². The van der Waals surface area contributed by atoms with E-state index in [1.807, 2.05) is 0 Å². The number of hydrogen-bond acceptors (Lipinski definition) is 2. The van der Waals surface area contributed by atoms with Crippen molar-refractivity contribution in [2.45, 2.75) is 148 Å². The fraction of sp³-hybridized carbons (Fsp3) is 0.439. The Morgan fingerprint density at radius 1 is 0.443 bits per heavy atom. The maximum Gasteiger partial charge on any atom is 0.146 e. The summed E-state index contributed by atoms with van der Waals surface area (Å²) in [5.41, 5.74) is 16.3. The Labute approximate surface area is 377 Å². The summed E-state index contributed by atoms with van der Waals surface area (Å²) in [5.74, 6) is 9.98. The van der Waals surface area contributed by atoms with Crippen LogP contribution in [0.4, 0.5) is 0 Å². The van der Waals surface area contributed by atoms with E-state index in [0.29, 0.717) is 33.2 Å². The van der Waals surface area contributed by atoms with Crippen LogP contribution in [0.5, 0.6) is 5.75 Å². The average molecular weight is 861 g/mol. The smallest absolute Gasteiger partial charge is 0.146 e. The van der Waals surface area contributed by atoms with Crippen LogP contribution in [0.25, 0.3) is 54.2 Å². The lowest BCUT2D eigenvalue weighted by Crippen LogP contribution is -2.43. The number of rotatable bonds is 15.